The van der Waals surface area contributed by atoms with Gasteiger partial charge in [0.2, 0.25) is 0 Å². The summed E-state index contributed by atoms with van der Waals surface area (Å²) in [7, 11) is 2.16. The van der Waals surface area contributed by atoms with Gasteiger partial charge in [0.25, 0.3) is 5.91 Å². The van der Waals surface area contributed by atoms with Crippen molar-refractivity contribution in [3.63, 3.8) is 0 Å². The highest BCUT2D eigenvalue weighted by atomic mass is 16.5. The molecule has 0 spiro atoms. The lowest BCUT2D eigenvalue weighted by atomic mass is 9.96. The van der Waals surface area contributed by atoms with Gasteiger partial charge >= 0.3 is 5.97 Å². The van der Waals surface area contributed by atoms with Crippen LogP contribution < -0.4 is 9.64 Å². The average molecular weight is 464 g/mol. The third-order valence-electron chi connectivity index (χ3n) is 6.76. The number of fused-ring (bicyclic) bond motifs is 1. The lowest BCUT2D eigenvalue weighted by Crippen LogP contribution is -2.44. The summed E-state index contributed by atoms with van der Waals surface area (Å²) in [5, 5.41) is 0. The van der Waals surface area contributed by atoms with Gasteiger partial charge in [0.05, 0.1) is 5.41 Å². The molecule has 2 aromatic rings. The van der Waals surface area contributed by atoms with Gasteiger partial charge in [-0.05, 0) is 80.8 Å². The fourth-order valence-electron chi connectivity index (χ4n) is 4.45. The molecule has 0 radical (unpaired) electrons. The van der Waals surface area contributed by atoms with Crippen molar-refractivity contribution in [1.29, 1.82) is 0 Å². The van der Waals surface area contributed by atoms with Gasteiger partial charge in [-0.15, -0.1) is 0 Å². The highest BCUT2D eigenvalue weighted by molar-refractivity contribution is 5.95. The van der Waals surface area contributed by atoms with Crippen LogP contribution in [0.5, 0.6) is 5.75 Å². The maximum Gasteiger partial charge on any atom is 0.316 e. The number of carbonyl (C=O) groups is 2. The van der Waals surface area contributed by atoms with Crippen molar-refractivity contribution in [2.24, 2.45) is 5.41 Å². The minimum absolute atomic E-state index is 0.00736. The quantitative estimate of drug-likeness (QED) is 0.487. The maximum absolute atomic E-state index is 13.4. The third-order valence-corrected chi connectivity index (χ3v) is 6.76. The lowest BCUT2D eigenvalue weighted by Gasteiger charge is -2.34. The molecule has 0 N–H and O–H groups in total. The minimum atomic E-state index is -0.590. The van der Waals surface area contributed by atoms with Gasteiger partial charge in [-0.2, -0.15) is 0 Å². The van der Waals surface area contributed by atoms with Gasteiger partial charge in [-0.25, -0.2) is 0 Å². The number of anilines is 1. The normalized spacial score (nSPS) is 16.7. The van der Waals surface area contributed by atoms with Crippen LogP contribution in [0.1, 0.15) is 67.6 Å². The van der Waals surface area contributed by atoms with Crippen LogP contribution in [0.25, 0.3) is 0 Å². The zero-order chi connectivity index (χ0) is 24.6. The van der Waals surface area contributed by atoms with E-state index in [2.05, 4.69) is 35.0 Å². The number of nitrogens with zero attached hydrogens (tertiary/aromatic N) is 3. The highest BCUT2D eigenvalue weighted by Crippen LogP contribution is 2.32. The van der Waals surface area contributed by atoms with Crippen molar-refractivity contribution in [2.45, 2.75) is 53.6 Å². The van der Waals surface area contributed by atoms with E-state index in [9.17, 15) is 9.59 Å². The van der Waals surface area contributed by atoms with Crippen molar-refractivity contribution in [3.05, 3.63) is 58.7 Å². The van der Waals surface area contributed by atoms with E-state index in [0.717, 1.165) is 31.7 Å². The summed E-state index contributed by atoms with van der Waals surface area (Å²) < 4.78 is 5.69. The average Bonchev–Trinajstić information content (AvgIpc) is 3.22. The predicted octanol–water partition coefficient (Wildman–Crippen LogP) is 4.67. The molecule has 6 nitrogen and oxygen atoms in total. The third kappa shape index (κ3) is 5.12. The first kappa shape index (κ1) is 24.3. The van der Waals surface area contributed by atoms with E-state index < -0.39 is 5.41 Å². The Morgan fingerprint density at radius 2 is 1.59 bits per heavy atom. The van der Waals surface area contributed by atoms with Gasteiger partial charge in [0, 0.05) is 50.5 Å². The number of rotatable bonds is 4. The molecule has 0 bridgehead atoms. The Hall–Kier alpha value is -2.86. The number of carbonyl (C=O) groups excluding carboxylic acids is 2. The summed E-state index contributed by atoms with van der Waals surface area (Å²) in [6.45, 7) is 15.0. The molecule has 34 heavy (non-hydrogen) atoms. The molecular weight excluding hydrogens is 426 g/mol. The van der Waals surface area contributed by atoms with Gasteiger partial charge in [-0.1, -0.05) is 19.9 Å². The van der Waals surface area contributed by atoms with Crippen molar-refractivity contribution in [2.75, 3.05) is 38.1 Å². The summed E-state index contributed by atoms with van der Waals surface area (Å²) in [5.41, 5.74) is 4.60. The molecule has 2 aliphatic heterocycles. The van der Waals surface area contributed by atoms with Crippen LogP contribution in [0.15, 0.2) is 36.4 Å². The Bertz CT molecular complexity index is 1080. The monoisotopic (exact) mass is 463 g/mol. The van der Waals surface area contributed by atoms with E-state index in [4.69, 9.17) is 4.74 Å². The topological polar surface area (TPSA) is 53.1 Å². The molecule has 1 amide bonds. The molecule has 6 heteroatoms. The summed E-state index contributed by atoms with van der Waals surface area (Å²) in [6, 6.07) is 12.0. The highest BCUT2D eigenvalue weighted by Gasteiger charge is 2.28. The minimum Gasteiger partial charge on any atom is -0.426 e. The maximum atomic E-state index is 13.4. The van der Waals surface area contributed by atoms with Gasteiger partial charge in [0.15, 0.2) is 0 Å². The summed E-state index contributed by atoms with van der Waals surface area (Å²) >= 11 is 0. The number of piperazine rings is 1. The second kappa shape index (κ2) is 9.41. The van der Waals surface area contributed by atoms with E-state index in [-0.39, 0.29) is 17.8 Å². The molecule has 4 rings (SSSR count). The van der Waals surface area contributed by atoms with E-state index in [1.165, 1.54) is 16.8 Å². The molecule has 2 heterocycles. The number of hydrogen-bond acceptors (Lipinski definition) is 5. The molecule has 1 saturated heterocycles. The van der Waals surface area contributed by atoms with Crippen molar-refractivity contribution < 1.29 is 14.3 Å². The first-order chi connectivity index (χ1) is 16.0. The van der Waals surface area contributed by atoms with Crippen LogP contribution in [0.4, 0.5) is 5.69 Å². The largest absolute Gasteiger partial charge is 0.426 e. The molecule has 0 atom stereocenters. The fourth-order valence-corrected chi connectivity index (χ4v) is 4.45. The van der Waals surface area contributed by atoms with Gasteiger partial charge < -0.3 is 19.4 Å². The SMILES string of the molecule is CC(C)c1cc(C(=O)N2Cc3ccc(N4CCN(C)CC4)cc3C2)ccc1OC(=O)C(C)(C)C. The summed E-state index contributed by atoms with van der Waals surface area (Å²) in [6.07, 6.45) is 0. The lowest BCUT2D eigenvalue weighted by molar-refractivity contribution is -0.143. The van der Waals surface area contributed by atoms with Crippen LogP contribution in [0.2, 0.25) is 0 Å². The van der Waals surface area contributed by atoms with Crippen molar-refractivity contribution in [3.8, 4) is 5.75 Å². The Labute approximate surface area is 203 Å². The zero-order valence-corrected chi connectivity index (χ0v) is 21.4. The molecule has 182 valence electrons. The number of hydrogen-bond donors (Lipinski definition) is 0. The Morgan fingerprint density at radius 3 is 2.24 bits per heavy atom. The molecule has 0 aliphatic carbocycles. The fraction of sp³-hybridized carbons (Fsp3) is 0.500. The number of amides is 1. The molecule has 2 aliphatic rings. The Morgan fingerprint density at radius 1 is 0.912 bits per heavy atom. The van der Waals surface area contributed by atoms with Crippen LogP contribution in [-0.4, -0.2) is 54.9 Å². The van der Waals surface area contributed by atoms with E-state index in [1.807, 2.05) is 45.6 Å². The Balaban J connectivity index is 1.50. The van der Waals surface area contributed by atoms with Gasteiger partial charge in [0.1, 0.15) is 5.75 Å². The van der Waals surface area contributed by atoms with Crippen LogP contribution in [-0.2, 0) is 17.9 Å². The second-order valence-corrected chi connectivity index (χ2v) is 11.0. The molecule has 0 aromatic heterocycles. The van der Waals surface area contributed by atoms with Gasteiger partial charge in [-0.3, -0.25) is 9.59 Å². The molecule has 0 unspecified atom stereocenters. The summed E-state index contributed by atoms with van der Waals surface area (Å²) in [5.74, 6) is 0.387. The smallest absolute Gasteiger partial charge is 0.316 e. The van der Waals surface area contributed by atoms with E-state index in [1.54, 1.807) is 12.1 Å². The van der Waals surface area contributed by atoms with Crippen LogP contribution >= 0.6 is 0 Å². The molecule has 1 fully saturated rings. The molecular formula is C28H37N3O3. The van der Waals surface area contributed by atoms with Crippen LogP contribution in [0, 0.1) is 5.41 Å². The van der Waals surface area contributed by atoms with Crippen molar-refractivity contribution >= 4 is 17.6 Å². The van der Waals surface area contributed by atoms with E-state index in [0.29, 0.717) is 24.4 Å². The summed E-state index contributed by atoms with van der Waals surface area (Å²) in [4.78, 5) is 32.5. The predicted molar refractivity (Wildman–Crippen MR) is 135 cm³/mol. The van der Waals surface area contributed by atoms with Crippen LogP contribution in [0.3, 0.4) is 0 Å². The first-order valence-corrected chi connectivity index (χ1v) is 12.2. The first-order valence-electron chi connectivity index (χ1n) is 12.2. The molecule has 2 aromatic carbocycles. The Kier molecular flexibility index (Phi) is 6.72. The zero-order valence-electron chi connectivity index (χ0n) is 21.4. The van der Waals surface area contributed by atoms with E-state index >= 15 is 0 Å². The standard InChI is InChI=1S/C28H37N3O3/c1-19(2)24-16-20(8-10-25(24)34-27(33)28(3,4)5)26(32)31-17-21-7-9-23(15-22(21)18-31)30-13-11-29(6)12-14-30/h7-10,15-16,19H,11-14,17-18H2,1-6H3. The number of esters is 1. The number of likely N-dealkylation sites (N-methyl/N-ethyl adjacent to an activating group) is 1. The van der Waals surface area contributed by atoms with Crippen molar-refractivity contribution in [1.82, 2.24) is 9.80 Å². The number of ether oxygens (including phenoxy) is 1. The number of benzene rings is 2. The molecule has 0 saturated carbocycles. The second-order valence-electron chi connectivity index (χ2n) is 11.0.